The lowest BCUT2D eigenvalue weighted by molar-refractivity contribution is 0.659. The monoisotopic (exact) mass is 520 g/mol. The second-order valence-corrected chi connectivity index (χ2v) is 11.6. The number of nitrogens with zero attached hydrogens (tertiary/aromatic N) is 2. The molecule has 1 aromatic heterocycles. The highest BCUT2D eigenvalue weighted by Gasteiger charge is 2.22. The number of anilines is 2. The van der Waals surface area contributed by atoms with Crippen LogP contribution in [0.15, 0.2) is 77.1 Å². The van der Waals surface area contributed by atoms with E-state index in [0.717, 1.165) is 35.0 Å². The highest BCUT2D eigenvalue weighted by atomic mass is 15.1. The van der Waals surface area contributed by atoms with Gasteiger partial charge in [0.05, 0.1) is 5.52 Å². The van der Waals surface area contributed by atoms with Crippen molar-refractivity contribution in [3.8, 4) is 11.1 Å². The van der Waals surface area contributed by atoms with Gasteiger partial charge < -0.3 is 11.1 Å². The molecule has 1 aliphatic carbocycles. The highest BCUT2D eigenvalue weighted by Crippen LogP contribution is 2.38. The third-order valence-electron chi connectivity index (χ3n) is 8.11. The van der Waals surface area contributed by atoms with Crippen LogP contribution in [0.3, 0.4) is 0 Å². The maximum atomic E-state index is 6.49. The lowest BCUT2D eigenvalue weighted by Crippen LogP contribution is -2.15. The van der Waals surface area contributed by atoms with Crippen molar-refractivity contribution in [3.63, 3.8) is 0 Å². The molecular weight excluding hydrogens is 476 g/mol. The molecule has 0 saturated carbocycles. The van der Waals surface area contributed by atoms with Crippen LogP contribution in [0.2, 0.25) is 0 Å². The SMILES string of the molecule is CC/C(C)=C\C(C)(C)c1cc(C)c(-c2cccc3c(N)nc(NC4=CC(C)/C(=C(\C)CC)C=C4)nc23)c(C)c1. The van der Waals surface area contributed by atoms with Crippen molar-refractivity contribution in [1.82, 2.24) is 9.97 Å². The summed E-state index contributed by atoms with van der Waals surface area (Å²) in [6.07, 6.45) is 11.0. The number of allylic oxidation sites excluding steroid dienone is 7. The number of aryl methyl sites for hydroxylation is 2. The zero-order chi connectivity index (χ0) is 28.5. The van der Waals surface area contributed by atoms with E-state index in [0.29, 0.717) is 17.7 Å². The van der Waals surface area contributed by atoms with Crippen LogP contribution in [0, 0.1) is 19.8 Å². The fraction of sp³-hybridized carbons (Fsp3) is 0.371. The molecule has 204 valence electrons. The van der Waals surface area contributed by atoms with E-state index in [1.165, 1.54) is 39.0 Å². The smallest absolute Gasteiger partial charge is 0.229 e. The molecule has 0 bridgehead atoms. The first kappa shape index (κ1) is 28.4. The molecule has 1 unspecified atom stereocenters. The number of fused-ring (bicyclic) bond motifs is 1. The summed E-state index contributed by atoms with van der Waals surface area (Å²) in [6, 6.07) is 10.9. The Kier molecular flexibility index (Phi) is 8.15. The average molecular weight is 521 g/mol. The summed E-state index contributed by atoms with van der Waals surface area (Å²) in [6.45, 7) is 20.0. The van der Waals surface area contributed by atoms with Crippen molar-refractivity contribution in [2.75, 3.05) is 11.1 Å². The number of nitrogens with one attached hydrogen (secondary N) is 1. The van der Waals surface area contributed by atoms with Gasteiger partial charge in [-0.25, -0.2) is 4.98 Å². The van der Waals surface area contributed by atoms with Crippen molar-refractivity contribution < 1.29 is 0 Å². The number of benzene rings is 2. The van der Waals surface area contributed by atoms with Gasteiger partial charge in [0.15, 0.2) is 0 Å². The minimum Gasteiger partial charge on any atom is -0.383 e. The first-order valence-electron chi connectivity index (χ1n) is 14.2. The van der Waals surface area contributed by atoms with Crippen LogP contribution in [0.5, 0.6) is 0 Å². The second kappa shape index (κ2) is 11.2. The van der Waals surface area contributed by atoms with Gasteiger partial charge in [-0.3, -0.25) is 0 Å². The van der Waals surface area contributed by atoms with Gasteiger partial charge in [0.25, 0.3) is 0 Å². The predicted octanol–water partition coefficient (Wildman–Crippen LogP) is 9.36. The Labute approximate surface area is 234 Å². The third-order valence-corrected chi connectivity index (χ3v) is 8.11. The molecule has 0 aliphatic heterocycles. The fourth-order valence-corrected chi connectivity index (χ4v) is 5.69. The predicted molar refractivity (Wildman–Crippen MR) is 169 cm³/mol. The summed E-state index contributed by atoms with van der Waals surface area (Å²) >= 11 is 0. The van der Waals surface area contributed by atoms with Gasteiger partial charge in [0, 0.05) is 28.0 Å². The summed E-state index contributed by atoms with van der Waals surface area (Å²) in [5.41, 5.74) is 18.6. The standard InChI is InChI=1S/C35H44N4/c1-10-21(3)20-35(8,9)26-17-24(6)31(25(7)18-26)29-13-12-14-30-32(29)38-34(39-33(30)36)37-27-15-16-28(22(4)11-2)23(5)19-27/h12-20,23H,10-11H2,1-9H3,(H3,36,37,38,39)/b21-20-,28-22+. The van der Waals surface area contributed by atoms with E-state index in [-0.39, 0.29) is 5.41 Å². The summed E-state index contributed by atoms with van der Waals surface area (Å²) in [4.78, 5) is 9.62. The third kappa shape index (κ3) is 5.85. The van der Waals surface area contributed by atoms with E-state index in [4.69, 9.17) is 10.7 Å². The van der Waals surface area contributed by atoms with E-state index in [1.54, 1.807) is 0 Å². The molecule has 3 N–H and O–H groups in total. The minimum atomic E-state index is -0.0420. The molecule has 4 heteroatoms. The van der Waals surface area contributed by atoms with Crippen molar-refractivity contribution in [2.45, 2.75) is 80.6 Å². The Balaban J connectivity index is 1.77. The number of para-hydroxylation sites is 1. The molecule has 3 aromatic rings. The lowest BCUT2D eigenvalue weighted by atomic mass is 9.79. The normalized spacial score (nSPS) is 17.4. The first-order chi connectivity index (χ1) is 18.4. The first-order valence-corrected chi connectivity index (χ1v) is 14.2. The highest BCUT2D eigenvalue weighted by molar-refractivity contribution is 6.00. The zero-order valence-corrected chi connectivity index (χ0v) is 25.2. The topological polar surface area (TPSA) is 63.8 Å². The molecule has 0 saturated heterocycles. The molecule has 4 rings (SSSR count). The van der Waals surface area contributed by atoms with Gasteiger partial charge >= 0.3 is 0 Å². The second-order valence-electron chi connectivity index (χ2n) is 11.6. The molecule has 0 fully saturated rings. The van der Waals surface area contributed by atoms with Crippen LogP contribution in [0.4, 0.5) is 11.8 Å². The fourth-order valence-electron chi connectivity index (χ4n) is 5.69. The quantitative estimate of drug-likeness (QED) is 0.305. The number of hydrogen-bond acceptors (Lipinski definition) is 4. The van der Waals surface area contributed by atoms with Gasteiger partial charge in [0.1, 0.15) is 5.82 Å². The van der Waals surface area contributed by atoms with Crippen LogP contribution in [-0.4, -0.2) is 9.97 Å². The maximum absolute atomic E-state index is 6.49. The number of nitrogen functional groups attached to an aromatic ring is 1. The largest absolute Gasteiger partial charge is 0.383 e. The van der Waals surface area contributed by atoms with E-state index in [1.807, 2.05) is 12.1 Å². The minimum absolute atomic E-state index is 0.0420. The van der Waals surface area contributed by atoms with E-state index in [9.17, 15) is 0 Å². The van der Waals surface area contributed by atoms with Gasteiger partial charge in [-0.15, -0.1) is 0 Å². The molecule has 2 aromatic carbocycles. The molecule has 39 heavy (non-hydrogen) atoms. The number of aromatic nitrogens is 2. The Hall–Kier alpha value is -3.66. The molecule has 1 aliphatic rings. The Bertz CT molecular complexity index is 1510. The van der Waals surface area contributed by atoms with Gasteiger partial charge in [0.2, 0.25) is 5.95 Å². The zero-order valence-electron chi connectivity index (χ0n) is 25.2. The average Bonchev–Trinajstić information content (AvgIpc) is 2.88. The maximum Gasteiger partial charge on any atom is 0.229 e. The molecule has 0 radical (unpaired) electrons. The van der Waals surface area contributed by atoms with E-state index >= 15 is 0 Å². The summed E-state index contributed by atoms with van der Waals surface area (Å²) < 4.78 is 0. The van der Waals surface area contributed by atoms with Gasteiger partial charge in [-0.2, -0.15) is 4.98 Å². The van der Waals surface area contributed by atoms with Crippen LogP contribution in [-0.2, 0) is 5.41 Å². The Morgan fingerprint density at radius 2 is 1.72 bits per heavy atom. The van der Waals surface area contributed by atoms with Crippen molar-refractivity contribution in [3.05, 3.63) is 93.7 Å². The van der Waals surface area contributed by atoms with Crippen LogP contribution in [0.1, 0.15) is 78.0 Å². The summed E-state index contributed by atoms with van der Waals surface area (Å²) in [5, 5.41) is 4.29. The van der Waals surface area contributed by atoms with Crippen LogP contribution >= 0.6 is 0 Å². The number of nitrogens with two attached hydrogens (primary N) is 1. The Morgan fingerprint density at radius 3 is 2.33 bits per heavy atom. The van der Waals surface area contributed by atoms with E-state index < -0.39 is 0 Å². The summed E-state index contributed by atoms with van der Waals surface area (Å²) in [5.74, 6) is 1.33. The lowest BCUT2D eigenvalue weighted by Gasteiger charge is -2.25. The van der Waals surface area contributed by atoms with Crippen molar-refractivity contribution in [1.29, 1.82) is 0 Å². The van der Waals surface area contributed by atoms with Crippen LogP contribution in [0.25, 0.3) is 22.0 Å². The molecule has 1 atom stereocenters. The summed E-state index contributed by atoms with van der Waals surface area (Å²) in [7, 11) is 0. The molecular formula is C35H44N4. The molecule has 0 amide bonds. The number of hydrogen-bond donors (Lipinski definition) is 2. The van der Waals surface area contributed by atoms with Crippen LogP contribution < -0.4 is 11.1 Å². The van der Waals surface area contributed by atoms with Gasteiger partial charge in [-0.1, -0.05) is 88.3 Å². The molecule has 0 spiro atoms. The van der Waals surface area contributed by atoms with Crippen molar-refractivity contribution in [2.24, 2.45) is 5.92 Å². The van der Waals surface area contributed by atoms with E-state index in [2.05, 4.69) is 115 Å². The number of rotatable bonds is 7. The van der Waals surface area contributed by atoms with Gasteiger partial charge in [-0.05, 0) is 80.5 Å². The molecule has 4 nitrogen and oxygen atoms in total. The molecule has 1 heterocycles. The Morgan fingerprint density at radius 1 is 1.03 bits per heavy atom. The van der Waals surface area contributed by atoms with Crippen molar-refractivity contribution >= 4 is 22.7 Å².